The number of carbonyl (C=O) groups excluding carboxylic acids is 1. The van der Waals surface area contributed by atoms with Gasteiger partial charge in [0, 0.05) is 5.56 Å². The van der Waals surface area contributed by atoms with E-state index in [1.165, 1.54) is 0 Å². The topological polar surface area (TPSA) is 17.1 Å². The molecule has 0 fully saturated rings. The van der Waals surface area contributed by atoms with E-state index < -0.39 is 34.7 Å². The second-order valence-corrected chi connectivity index (χ2v) is 4.00. The number of benzene rings is 2. The monoisotopic (exact) mass is 286 g/mol. The van der Waals surface area contributed by atoms with Crippen molar-refractivity contribution in [3.05, 3.63) is 70.8 Å². The fourth-order valence-corrected chi connectivity index (χ4v) is 1.67. The number of rotatable bonds is 2. The maximum absolute atomic E-state index is 13.4. The largest absolute Gasteiger partial charge is 0.416 e. The first-order valence-corrected chi connectivity index (χ1v) is 5.46. The van der Waals surface area contributed by atoms with Gasteiger partial charge in [-0.3, -0.25) is 4.79 Å². The van der Waals surface area contributed by atoms with Gasteiger partial charge in [0.2, 0.25) is 0 Å². The molecule has 0 saturated heterocycles. The molecule has 2 aromatic carbocycles. The van der Waals surface area contributed by atoms with E-state index in [0.717, 1.165) is 30.3 Å². The summed E-state index contributed by atoms with van der Waals surface area (Å²) in [6.07, 6.45) is -4.54. The standard InChI is InChI=1S/C14H7F5O/c15-10-2-1-3-11(16)12(10)13(20)8-4-6-9(7-5-8)14(17,18)19/h1-7H. The second-order valence-electron chi connectivity index (χ2n) is 4.00. The van der Waals surface area contributed by atoms with Gasteiger partial charge in [-0.2, -0.15) is 13.2 Å². The highest BCUT2D eigenvalue weighted by molar-refractivity contribution is 6.09. The second kappa shape index (κ2) is 5.03. The van der Waals surface area contributed by atoms with Gasteiger partial charge in [-0.05, 0) is 24.3 Å². The summed E-state index contributed by atoms with van der Waals surface area (Å²) in [4.78, 5) is 11.9. The van der Waals surface area contributed by atoms with Crippen LogP contribution in [0.1, 0.15) is 21.5 Å². The Morgan fingerprint density at radius 2 is 1.35 bits per heavy atom. The first-order chi connectivity index (χ1) is 9.30. The molecule has 0 aliphatic carbocycles. The lowest BCUT2D eigenvalue weighted by Crippen LogP contribution is -2.09. The van der Waals surface area contributed by atoms with Crippen LogP contribution in [0.15, 0.2) is 42.5 Å². The molecule has 20 heavy (non-hydrogen) atoms. The zero-order valence-electron chi connectivity index (χ0n) is 9.84. The molecule has 0 bridgehead atoms. The molecule has 2 aromatic rings. The van der Waals surface area contributed by atoms with Crippen LogP contribution in [-0.2, 0) is 6.18 Å². The molecule has 0 radical (unpaired) electrons. The lowest BCUT2D eigenvalue weighted by atomic mass is 10.0. The molecule has 0 aliphatic heterocycles. The highest BCUT2D eigenvalue weighted by Gasteiger charge is 2.30. The van der Waals surface area contributed by atoms with Crippen LogP contribution in [0.5, 0.6) is 0 Å². The molecule has 0 spiro atoms. The van der Waals surface area contributed by atoms with Gasteiger partial charge in [-0.25, -0.2) is 8.78 Å². The van der Waals surface area contributed by atoms with Crippen LogP contribution in [0.25, 0.3) is 0 Å². The average Bonchev–Trinajstić information content (AvgIpc) is 2.37. The molecular formula is C14H7F5O. The predicted molar refractivity (Wildman–Crippen MR) is 61.2 cm³/mol. The highest BCUT2D eigenvalue weighted by atomic mass is 19.4. The van der Waals surface area contributed by atoms with E-state index in [0.29, 0.717) is 12.1 Å². The van der Waals surface area contributed by atoms with Gasteiger partial charge in [-0.1, -0.05) is 18.2 Å². The third-order valence-electron chi connectivity index (χ3n) is 2.66. The van der Waals surface area contributed by atoms with Gasteiger partial charge < -0.3 is 0 Å². The van der Waals surface area contributed by atoms with E-state index in [-0.39, 0.29) is 5.56 Å². The molecule has 0 atom stereocenters. The normalized spacial score (nSPS) is 11.4. The Morgan fingerprint density at radius 3 is 1.80 bits per heavy atom. The quantitative estimate of drug-likeness (QED) is 0.597. The van der Waals surface area contributed by atoms with Crippen LogP contribution < -0.4 is 0 Å². The molecule has 0 unspecified atom stereocenters. The van der Waals surface area contributed by atoms with Gasteiger partial charge >= 0.3 is 6.18 Å². The Hall–Kier alpha value is -2.24. The third-order valence-corrected chi connectivity index (χ3v) is 2.66. The minimum atomic E-state index is -4.54. The minimum absolute atomic E-state index is 0.220. The Labute approximate surface area is 110 Å². The van der Waals surface area contributed by atoms with Crippen LogP contribution in [-0.4, -0.2) is 5.78 Å². The van der Waals surface area contributed by atoms with Crippen molar-refractivity contribution in [2.24, 2.45) is 0 Å². The average molecular weight is 286 g/mol. The summed E-state index contributed by atoms with van der Waals surface area (Å²) in [6.45, 7) is 0. The van der Waals surface area contributed by atoms with Crippen LogP contribution in [0.2, 0.25) is 0 Å². The SMILES string of the molecule is O=C(c1ccc(C(F)(F)F)cc1)c1c(F)cccc1F. The Kier molecular flexibility index (Phi) is 3.57. The summed E-state index contributed by atoms with van der Waals surface area (Å²) in [5.41, 5.74) is -1.95. The molecule has 0 heterocycles. The van der Waals surface area contributed by atoms with Crippen LogP contribution in [0, 0.1) is 11.6 Å². The van der Waals surface area contributed by atoms with Crippen molar-refractivity contribution in [2.45, 2.75) is 6.18 Å². The number of carbonyl (C=O) groups is 1. The summed E-state index contributed by atoms with van der Waals surface area (Å²) >= 11 is 0. The Morgan fingerprint density at radius 1 is 0.850 bits per heavy atom. The van der Waals surface area contributed by atoms with Crippen LogP contribution in [0.4, 0.5) is 22.0 Å². The lowest BCUT2D eigenvalue weighted by molar-refractivity contribution is -0.137. The van der Waals surface area contributed by atoms with Crippen molar-refractivity contribution >= 4 is 5.78 Å². The molecule has 0 aromatic heterocycles. The lowest BCUT2D eigenvalue weighted by Gasteiger charge is -2.08. The zero-order chi connectivity index (χ0) is 14.9. The van der Waals surface area contributed by atoms with E-state index in [2.05, 4.69) is 0 Å². The molecule has 104 valence electrons. The maximum atomic E-state index is 13.4. The highest BCUT2D eigenvalue weighted by Crippen LogP contribution is 2.29. The molecule has 0 amide bonds. The van der Waals surface area contributed by atoms with E-state index >= 15 is 0 Å². The maximum Gasteiger partial charge on any atom is 0.416 e. The molecule has 6 heteroatoms. The number of hydrogen-bond acceptors (Lipinski definition) is 1. The molecule has 0 aliphatic rings. The first-order valence-electron chi connectivity index (χ1n) is 5.46. The summed E-state index contributed by atoms with van der Waals surface area (Å²) in [5.74, 6) is -3.13. The van der Waals surface area contributed by atoms with E-state index in [1.807, 2.05) is 0 Å². The van der Waals surface area contributed by atoms with Crippen molar-refractivity contribution < 1.29 is 26.7 Å². The van der Waals surface area contributed by atoms with Crippen molar-refractivity contribution in [3.8, 4) is 0 Å². The van der Waals surface area contributed by atoms with E-state index in [4.69, 9.17) is 0 Å². The third kappa shape index (κ3) is 2.68. The van der Waals surface area contributed by atoms with Crippen LogP contribution in [0.3, 0.4) is 0 Å². The number of halogens is 5. The van der Waals surface area contributed by atoms with Crippen molar-refractivity contribution in [1.29, 1.82) is 0 Å². The number of alkyl halides is 3. The van der Waals surface area contributed by atoms with Crippen molar-refractivity contribution in [1.82, 2.24) is 0 Å². The van der Waals surface area contributed by atoms with Gasteiger partial charge in [0.15, 0.2) is 5.78 Å². The summed E-state index contributed by atoms with van der Waals surface area (Å²) in [5, 5.41) is 0. The molecule has 1 nitrogen and oxygen atoms in total. The van der Waals surface area contributed by atoms with E-state index in [9.17, 15) is 26.7 Å². The van der Waals surface area contributed by atoms with Crippen molar-refractivity contribution in [3.63, 3.8) is 0 Å². The van der Waals surface area contributed by atoms with E-state index in [1.54, 1.807) is 0 Å². The first kappa shape index (κ1) is 14.2. The van der Waals surface area contributed by atoms with Gasteiger partial charge in [0.1, 0.15) is 11.6 Å². The molecule has 0 N–H and O–H groups in total. The summed E-state index contributed by atoms with van der Waals surface area (Å²) < 4.78 is 63.9. The number of ketones is 1. The fourth-order valence-electron chi connectivity index (χ4n) is 1.67. The van der Waals surface area contributed by atoms with Gasteiger partial charge in [0.25, 0.3) is 0 Å². The fraction of sp³-hybridized carbons (Fsp3) is 0.0714. The van der Waals surface area contributed by atoms with Gasteiger partial charge in [0.05, 0.1) is 11.1 Å². The predicted octanol–water partition coefficient (Wildman–Crippen LogP) is 4.21. The minimum Gasteiger partial charge on any atom is -0.288 e. The van der Waals surface area contributed by atoms with Crippen molar-refractivity contribution in [2.75, 3.05) is 0 Å². The smallest absolute Gasteiger partial charge is 0.288 e. The van der Waals surface area contributed by atoms with Gasteiger partial charge in [-0.15, -0.1) is 0 Å². The summed E-state index contributed by atoms with van der Waals surface area (Å²) in [6, 6.07) is 6.04. The Bertz CT molecular complexity index is 623. The molecular weight excluding hydrogens is 279 g/mol. The zero-order valence-corrected chi connectivity index (χ0v) is 9.84. The molecule has 2 rings (SSSR count). The molecule has 0 saturated carbocycles. The number of hydrogen-bond donors (Lipinski definition) is 0. The summed E-state index contributed by atoms with van der Waals surface area (Å²) in [7, 11) is 0. The Balaban J connectivity index is 2.40. The van der Waals surface area contributed by atoms with Crippen LogP contribution >= 0.6 is 0 Å².